The molecule has 1 amide bonds. The van der Waals surface area contributed by atoms with Crippen molar-refractivity contribution in [1.29, 1.82) is 0 Å². The maximum atomic E-state index is 11.5. The molecule has 0 aromatic carbocycles. The van der Waals surface area contributed by atoms with E-state index >= 15 is 0 Å². The average Bonchev–Trinajstić information content (AvgIpc) is 2.27. The van der Waals surface area contributed by atoms with Crippen LogP contribution in [-0.2, 0) is 4.79 Å². The number of carbonyl (C=O) groups excluding carboxylic acids is 1. The third-order valence-electron chi connectivity index (χ3n) is 2.51. The lowest BCUT2D eigenvalue weighted by molar-refractivity contribution is -0.127. The number of thioether (sulfide) groups is 1. The Kier molecular flexibility index (Phi) is 3.24. The van der Waals surface area contributed by atoms with Crippen molar-refractivity contribution in [2.75, 3.05) is 25.1 Å². The summed E-state index contributed by atoms with van der Waals surface area (Å²) in [5.41, 5.74) is -0.145. The molecule has 0 spiro atoms. The molecule has 76 valence electrons. The van der Waals surface area contributed by atoms with E-state index in [4.69, 9.17) is 0 Å². The van der Waals surface area contributed by atoms with Gasteiger partial charge in [-0.05, 0) is 6.26 Å². The topological polar surface area (TPSA) is 40.5 Å². The van der Waals surface area contributed by atoms with Gasteiger partial charge in [0, 0.05) is 18.5 Å². The first-order valence-corrected chi connectivity index (χ1v) is 5.81. The van der Waals surface area contributed by atoms with Gasteiger partial charge in [-0.2, -0.15) is 11.8 Å². The Hall–Kier alpha value is -0.220. The number of aliphatic hydroxyl groups is 1. The summed E-state index contributed by atoms with van der Waals surface area (Å²) in [6.07, 6.45) is 1.54. The van der Waals surface area contributed by atoms with Crippen LogP contribution in [0, 0.1) is 5.41 Å². The molecule has 1 rings (SSSR count). The van der Waals surface area contributed by atoms with Gasteiger partial charge in [-0.25, -0.2) is 0 Å². The molecule has 1 unspecified atom stereocenters. The van der Waals surface area contributed by atoms with Gasteiger partial charge in [0.15, 0.2) is 0 Å². The maximum Gasteiger partial charge on any atom is 0.232 e. The molecular formula is C9H17NO2S. The van der Waals surface area contributed by atoms with Crippen LogP contribution in [0.1, 0.15) is 13.8 Å². The summed E-state index contributed by atoms with van der Waals surface area (Å²) in [5, 5.41) is 9.64. The summed E-state index contributed by atoms with van der Waals surface area (Å²) in [6, 6.07) is 0. The highest BCUT2D eigenvalue weighted by atomic mass is 32.2. The van der Waals surface area contributed by atoms with Crippen molar-refractivity contribution >= 4 is 17.7 Å². The zero-order chi connectivity index (χ0) is 10.1. The van der Waals surface area contributed by atoms with Crippen LogP contribution in [0.5, 0.6) is 0 Å². The monoisotopic (exact) mass is 203 g/mol. The Bertz CT molecular complexity index is 206. The quantitative estimate of drug-likeness (QED) is 0.713. The normalized spacial score (nSPS) is 26.5. The van der Waals surface area contributed by atoms with Gasteiger partial charge in [-0.1, -0.05) is 13.8 Å². The Labute approximate surface area is 83.5 Å². The third-order valence-corrected chi connectivity index (χ3v) is 3.05. The Balaban J connectivity index is 2.53. The second kappa shape index (κ2) is 3.88. The summed E-state index contributed by atoms with van der Waals surface area (Å²) >= 11 is 1.53. The molecule has 1 saturated heterocycles. The molecular weight excluding hydrogens is 186 g/mol. The number of β-amino-alcohol motifs (C(OH)–C–C–N with tert-alkyl or cyclic N) is 1. The highest BCUT2D eigenvalue weighted by molar-refractivity contribution is 7.99. The Morgan fingerprint density at radius 2 is 2.31 bits per heavy atom. The molecule has 0 radical (unpaired) electrons. The zero-order valence-electron chi connectivity index (χ0n) is 8.41. The first-order valence-electron chi connectivity index (χ1n) is 4.42. The van der Waals surface area contributed by atoms with E-state index in [0.717, 1.165) is 0 Å². The predicted molar refractivity (Wildman–Crippen MR) is 54.7 cm³/mol. The lowest BCUT2D eigenvalue weighted by Gasteiger charge is -2.20. The number of nitrogens with zero attached hydrogens (tertiary/aromatic N) is 1. The lowest BCUT2D eigenvalue weighted by Crippen LogP contribution is -2.31. The number of hydrogen-bond donors (Lipinski definition) is 1. The molecule has 1 N–H and O–H groups in total. The van der Waals surface area contributed by atoms with Crippen LogP contribution in [0.2, 0.25) is 0 Å². The van der Waals surface area contributed by atoms with Gasteiger partial charge >= 0.3 is 0 Å². The molecule has 1 atom stereocenters. The van der Waals surface area contributed by atoms with E-state index in [9.17, 15) is 9.90 Å². The van der Waals surface area contributed by atoms with Gasteiger partial charge in [0.25, 0.3) is 0 Å². The first-order chi connectivity index (χ1) is 5.97. The van der Waals surface area contributed by atoms with Crippen LogP contribution in [-0.4, -0.2) is 47.1 Å². The Morgan fingerprint density at radius 1 is 1.69 bits per heavy atom. The Morgan fingerprint density at radius 3 is 2.69 bits per heavy atom. The van der Waals surface area contributed by atoms with Crippen LogP contribution in [0.4, 0.5) is 0 Å². The number of amides is 1. The van der Waals surface area contributed by atoms with Crippen molar-refractivity contribution in [2.45, 2.75) is 20.0 Å². The van der Waals surface area contributed by atoms with E-state index in [1.165, 1.54) is 11.8 Å². The molecule has 0 aliphatic carbocycles. The summed E-state index contributed by atoms with van der Waals surface area (Å²) < 4.78 is 0. The molecule has 3 nitrogen and oxygen atoms in total. The third kappa shape index (κ3) is 2.38. The van der Waals surface area contributed by atoms with Crippen LogP contribution in [0.15, 0.2) is 0 Å². The molecule has 1 aliphatic rings. The second-order valence-electron chi connectivity index (χ2n) is 4.21. The lowest BCUT2D eigenvalue weighted by atomic mass is 9.90. The summed E-state index contributed by atoms with van der Waals surface area (Å²) in [6.45, 7) is 5.15. The predicted octanol–water partition coefficient (Wildman–Crippen LogP) is 0.579. The van der Waals surface area contributed by atoms with E-state index in [2.05, 4.69) is 0 Å². The number of aliphatic hydroxyl groups excluding tert-OH is 1. The standard InChI is InChI=1S/C9H17NO2S/c1-9(2)6-10(4-7(9)11)8(12)5-13-3/h7,11H,4-6H2,1-3H3. The van der Waals surface area contributed by atoms with Crippen LogP contribution >= 0.6 is 11.8 Å². The van der Waals surface area contributed by atoms with E-state index in [1.807, 2.05) is 20.1 Å². The minimum Gasteiger partial charge on any atom is -0.391 e. The van der Waals surface area contributed by atoms with Gasteiger partial charge < -0.3 is 10.0 Å². The van der Waals surface area contributed by atoms with Crippen molar-refractivity contribution in [1.82, 2.24) is 4.90 Å². The van der Waals surface area contributed by atoms with Crippen molar-refractivity contribution in [2.24, 2.45) is 5.41 Å². The van der Waals surface area contributed by atoms with E-state index in [-0.39, 0.29) is 17.4 Å². The fraction of sp³-hybridized carbons (Fsp3) is 0.889. The molecule has 0 bridgehead atoms. The number of hydrogen-bond acceptors (Lipinski definition) is 3. The molecule has 1 heterocycles. The number of likely N-dealkylation sites (tertiary alicyclic amines) is 1. The van der Waals surface area contributed by atoms with Crippen LogP contribution in [0.3, 0.4) is 0 Å². The highest BCUT2D eigenvalue weighted by Crippen LogP contribution is 2.29. The van der Waals surface area contributed by atoms with Gasteiger partial charge in [-0.3, -0.25) is 4.79 Å². The van der Waals surface area contributed by atoms with Crippen molar-refractivity contribution in [3.8, 4) is 0 Å². The molecule has 0 saturated carbocycles. The molecule has 0 aromatic rings. The van der Waals surface area contributed by atoms with Crippen LogP contribution < -0.4 is 0 Å². The number of rotatable bonds is 2. The largest absolute Gasteiger partial charge is 0.391 e. The zero-order valence-corrected chi connectivity index (χ0v) is 9.23. The van der Waals surface area contributed by atoms with Gasteiger partial charge in [-0.15, -0.1) is 0 Å². The second-order valence-corrected chi connectivity index (χ2v) is 5.08. The van der Waals surface area contributed by atoms with Gasteiger partial charge in [0.1, 0.15) is 0 Å². The molecule has 1 fully saturated rings. The van der Waals surface area contributed by atoms with E-state index in [0.29, 0.717) is 18.8 Å². The van der Waals surface area contributed by atoms with E-state index in [1.54, 1.807) is 4.90 Å². The summed E-state index contributed by atoms with van der Waals surface area (Å²) in [7, 11) is 0. The smallest absolute Gasteiger partial charge is 0.232 e. The molecule has 0 aromatic heterocycles. The van der Waals surface area contributed by atoms with Crippen molar-refractivity contribution in [3.63, 3.8) is 0 Å². The highest BCUT2D eigenvalue weighted by Gasteiger charge is 2.39. The summed E-state index contributed by atoms with van der Waals surface area (Å²) in [5.74, 6) is 0.653. The SMILES string of the molecule is CSCC(=O)N1CC(O)C(C)(C)C1. The fourth-order valence-electron chi connectivity index (χ4n) is 1.52. The average molecular weight is 203 g/mol. The minimum atomic E-state index is -0.377. The van der Waals surface area contributed by atoms with Crippen molar-refractivity contribution < 1.29 is 9.90 Å². The molecule has 4 heteroatoms. The van der Waals surface area contributed by atoms with Gasteiger partial charge in [0.05, 0.1) is 11.9 Å². The van der Waals surface area contributed by atoms with E-state index < -0.39 is 0 Å². The van der Waals surface area contributed by atoms with Crippen molar-refractivity contribution in [3.05, 3.63) is 0 Å². The minimum absolute atomic E-state index is 0.136. The molecule has 13 heavy (non-hydrogen) atoms. The molecule has 1 aliphatic heterocycles. The number of carbonyl (C=O) groups is 1. The van der Waals surface area contributed by atoms with Gasteiger partial charge in [0.2, 0.25) is 5.91 Å². The summed E-state index contributed by atoms with van der Waals surface area (Å²) in [4.78, 5) is 13.2. The first kappa shape index (κ1) is 10.9. The van der Waals surface area contributed by atoms with Crippen LogP contribution in [0.25, 0.3) is 0 Å². The maximum absolute atomic E-state index is 11.5. The fourth-order valence-corrected chi connectivity index (χ4v) is 1.95.